The summed E-state index contributed by atoms with van der Waals surface area (Å²) in [4.78, 5) is 8.54. The molecule has 6 heteroatoms. The zero-order valence-corrected chi connectivity index (χ0v) is 8.91. The second-order valence-corrected chi connectivity index (χ2v) is 3.50. The van der Waals surface area contributed by atoms with Crippen LogP contribution in [-0.4, -0.2) is 19.7 Å². The highest BCUT2D eigenvalue weighted by Crippen LogP contribution is 2.15. The van der Waals surface area contributed by atoms with E-state index in [1.54, 1.807) is 17.1 Å². The van der Waals surface area contributed by atoms with E-state index in [2.05, 4.69) is 20.5 Å². The number of aromatic nitrogens is 4. The summed E-state index contributed by atoms with van der Waals surface area (Å²) >= 11 is 0. The molecule has 0 unspecified atom stereocenters. The highest BCUT2D eigenvalue weighted by atomic mass is 15.3. The molecule has 17 heavy (non-hydrogen) atoms. The Bertz CT molecular complexity index is 645. The first-order valence-electron chi connectivity index (χ1n) is 5.11. The number of hydrogen-bond acceptors (Lipinski definition) is 5. The van der Waals surface area contributed by atoms with Crippen molar-refractivity contribution in [2.75, 3.05) is 5.43 Å². The van der Waals surface area contributed by atoms with Gasteiger partial charge in [0.1, 0.15) is 5.52 Å². The minimum atomic E-state index is 0.519. The number of hydrogen-bond donors (Lipinski definition) is 2. The maximum atomic E-state index is 5.28. The molecule has 3 aromatic rings. The molecule has 84 valence electrons. The minimum absolute atomic E-state index is 0.519. The molecule has 0 atom stereocenters. The quantitative estimate of drug-likeness (QED) is 0.505. The summed E-state index contributed by atoms with van der Waals surface area (Å²) in [6, 6.07) is 9.78. The normalized spacial score (nSPS) is 10.6. The summed E-state index contributed by atoms with van der Waals surface area (Å²) in [5.41, 5.74) is 4.81. The van der Waals surface area contributed by atoms with E-state index in [4.69, 9.17) is 5.84 Å². The number of para-hydroxylation sites is 1. The Kier molecular flexibility index (Phi) is 2.20. The summed E-state index contributed by atoms with van der Waals surface area (Å²) < 4.78 is 1.74. The molecule has 3 rings (SSSR count). The third kappa shape index (κ3) is 1.60. The van der Waals surface area contributed by atoms with Crippen LogP contribution < -0.4 is 11.3 Å². The van der Waals surface area contributed by atoms with Crippen molar-refractivity contribution in [1.29, 1.82) is 0 Å². The number of rotatable bonds is 2. The van der Waals surface area contributed by atoms with Gasteiger partial charge in [-0.2, -0.15) is 5.10 Å². The molecule has 2 aromatic heterocycles. The van der Waals surface area contributed by atoms with E-state index < -0.39 is 0 Å². The first-order chi connectivity index (χ1) is 8.38. The molecule has 3 N–H and O–H groups in total. The Balaban J connectivity index is 2.19. The van der Waals surface area contributed by atoms with E-state index >= 15 is 0 Å². The Morgan fingerprint density at radius 1 is 1.12 bits per heavy atom. The van der Waals surface area contributed by atoms with Gasteiger partial charge in [-0.1, -0.05) is 18.2 Å². The van der Waals surface area contributed by atoms with E-state index in [1.807, 2.05) is 30.3 Å². The van der Waals surface area contributed by atoms with Crippen LogP contribution in [0.25, 0.3) is 16.9 Å². The topological polar surface area (TPSA) is 81.6 Å². The zero-order chi connectivity index (χ0) is 11.7. The Morgan fingerprint density at radius 3 is 2.71 bits per heavy atom. The van der Waals surface area contributed by atoms with Gasteiger partial charge in [-0.05, 0) is 12.1 Å². The lowest BCUT2D eigenvalue weighted by molar-refractivity contribution is 0.897. The molecular formula is C11H10N6. The van der Waals surface area contributed by atoms with E-state index in [0.29, 0.717) is 17.0 Å². The summed E-state index contributed by atoms with van der Waals surface area (Å²) in [7, 11) is 0. The largest absolute Gasteiger partial charge is 0.307 e. The fraction of sp³-hybridized carbons (Fsp3) is 0. The van der Waals surface area contributed by atoms with Crippen LogP contribution in [0.3, 0.4) is 0 Å². The third-order valence-electron chi connectivity index (χ3n) is 2.42. The maximum absolute atomic E-state index is 5.28. The number of nitrogens with one attached hydrogen (secondary N) is 1. The highest BCUT2D eigenvalue weighted by Gasteiger charge is 2.07. The van der Waals surface area contributed by atoms with E-state index in [-0.39, 0.29) is 0 Å². The van der Waals surface area contributed by atoms with Crippen LogP contribution in [0.5, 0.6) is 0 Å². The van der Waals surface area contributed by atoms with Crippen LogP contribution in [0.1, 0.15) is 0 Å². The van der Waals surface area contributed by atoms with Crippen molar-refractivity contribution in [2.24, 2.45) is 5.84 Å². The van der Waals surface area contributed by atoms with Crippen LogP contribution in [-0.2, 0) is 0 Å². The molecule has 0 saturated heterocycles. The molecule has 0 aliphatic rings. The third-order valence-corrected chi connectivity index (χ3v) is 2.42. The molecule has 0 radical (unpaired) electrons. The molecule has 0 saturated carbocycles. The molecule has 6 nitrogen and oxygen atoms in total. The minimum Gasteiger partial charge on any atom is -0.307 e. The van der Waals surface area contributed by atoms with Crippen molar-refractivity contribution < 1.29 is 0 Å². The molecule has 0 bridgehead atoms. The second-order valence-electron chi connectivity index (χ2n) is 3.50. The van der Waals surface area contributed by atoms with Crippen molar-refractivity contribution in [1.82, 2.24) is 19.7 Å². The summed E-state index contributed by atoms with van der Waals surface area (Å²) in [5.74, 6) is 5.80. The van der Waals surface area contributed by atoms with Gasteiger partial charge in [-0.25, -0.2) is 20.5 Å². The fourth-order valence-electron chi connectivity index (χ4n) is 1.64. The molecule has 0 spiro atoms. The SMILES string of the molecule is NNc1cnc2c(cnn2-c2ccccc2)n1. The average Bonchev–Trinajstić information content (AvgIpc) is 2.82. The standard InChI is InChI=1S/C11H10N6/c12-16-10-7-13-11-9(15-10)6-14-17(11)8-4-2-1-3-5-8/h1-7H,12H2,(H,15,16). The lowest BCUT2D eigenvalue weighted by atomic mass is 10.3. The van der Waals surface area contributed by atoms with Crippen molar-refractivity contribution in [2.45, 2.75) is 0 Å². The molecular weight excluding hydrogens is 216 g/mol. The number of nitrogens with zero attached hydrogens (tertiary/aromatic N) is 4. The number of nitrogens with two attached hydrogens (primary N) is 1. The van der Waals surface area contributed by atoms with Crippen molar-refractivity contribution in [3.05, 3.63) is 42.7 Å². The average molecular weight is 226 g/mol. The fourth-order valence-corrected chi connectivity index (χ4v) is 1.64. The predicted octanol–water partition coefficient (Wildman–Crippen LogP) is 1.10. The van der Waals surface area contributed by atoms with Crippen LogP contribution in [0.15, 0.2) is 42.7 Å². The highest BCUT2D eigenvalue weighted by molar-refractivity contribution is 5.73. The summed E-state index contributed by atoms with van der Waals surface area (Å²) in [6.07, 6.45) is 3.24. The zero-order valence-electron chi connectivity index (χ0n) is 8.91. The first-order valence-corrected chi connectivity index (χ1v) is 5.11. The molecule has 0 aliphatic carbocycles. The van der Waals surface area contributed by atoms with Crippen molar-refractivity contribution in [3.8, 4) is 5.69 Å². The Morgan fingerprint density at radius 2 is 1.94 bits per heavy atom. The van der Waals surface area contributed by atoms with Gasteiger partial charge in [-0.3, -0.25) is 0 Å². The van der Waals surface area contributed by atoms with E-state index in [0.717, 1.165) is 5.69 Å². The molecule has 0 amide bonds. The van der Waals surface area contributed by atoms with E-state index in [9.17, 15) is 0 Å². The van der Waals surface area contributed by atoms with Crippen LogP contribution >= 0.6 is 0 Å². The van der Waals surface area contributed by atoms with Gasteiger partial charge in [0, 0.05) is 0 Å². The van der Waals surface area contributed by atoms with E-state index in [1.165, 1.54) is 0 Å². The van der Waals surface area contributed by atoms with Gasteiger partial charge in [-0.15, -0.1) is 0 Å². The van der Waals surface area contributed by atoms with Crippen LogP contribution in [0, 0.1) is 0 Å². The van der Waals surface area contributed by atoms with Gasteiger partial charge in [0.15, 0.2) is 11.5 Å². The summed E-state index contributed by atoms with van der Waals surface area (Å²) in [5, 5.41) is 4.26. The number of anilines is 1. The lowest BCUT2D eigenvalue weighted by Gasteiger charge is -2.02. The number of hydrazine groups is 1. The monoisotopic (exact) mass is 226 g/mol. The molecule has 2 heterocycles. The lowest BCUT2D eigenvalue weighted by Crippen LogP contribution is -2.08. The number of fused-ring (bicyclic) bond motifs is 1. The van der Waals surface area contributed by atoms with Gasteiger partial charge in [0.05, 0.1) is 18.1 Å². The van der Waals surface area contributed by atoms with Crippen molar-refractivity contribution in [3.63, 3.8) is 0 Å². The smallest absolute Gasteiger partial charge is 0.181 e. The van der Waals surface area contributed by atoms with Gasteiger partial charge < -0.3 is 5.43 Å². The Hall–Kier alpha value is -2.47. The van der Waals surface area contributed by atoms with Gasteiger partial charge >= 0.3 is 0 Å². The van der Waals surface area contributed by atoms with Gasteiger partial charge in [0.2, 0.25) is 0 Å². The van der Waals surface area contributed by atoms with Crippen LogP contribution in [0.4, 0.5) is 5.82 Å². The van der Waals surface area contributed by atoms with Crippen molar-refractivity contribution >= 4 is 17.0 Å². The molecule has 1 aromatic carbocycles. The second kappa shape index (κ2) is 3.84. The number of benzene rings is 1. The Labute approximate surface area is 97.1 Å². The summed E-state index contributed by atoms with van der Waals surface area (Å²) in [6.45, 7) is 0. The number of nitrogen functional groups attached to an aromatic ring is 1. The molecule has 0 aliphatic heterocycles. The van der Waals surface area contributed by atoms with Crippen LogP contribution in [0.2, 0.25) is 0 Å². The van der Waals surface area contributed by atoms with Gasteiger partial charge in [0.25, 0.3) is 0 Å². The molecule has 0 fully saturated rings. The maximum Gasteiger partial charge on any atom is 0.181 e. The predicted molar refractivity (Wildman–Crippen MR) is 64.5 cm³/mol. The first kappa shape index (κ1) is 9.73.